The van der Waals surface area contributed by atoms with Gasteiger partial charge >= 0.3 is 0 Å². The van der Waals surface area contributed by atoms with Gasteiger partial charge in [-0.1, -0.05) is 60.7 Å². The molecule has 1 aromatic heterocycles. The summed E-state index contributed by atoms with van der Waals surface area (Å²) in [6.45, 7) is 4.02. The van der Waals surface area contributed by atoms with Crippen LogP contribution >= 0.6 is 11.3 Å². The Labute approximate surface area is 191 Å². The molecule has 1 aliphatic heterocycles. The number of thiazole rings is 1. The van der Waals surface area contributed by atoms with Gasteiger partial charge in [0, 0.05) is 43.7 Å². The molecule has 1 saturated heterocycles. The lowest BCUT2D eigenvalue weighted by Crippen LogP contribution is -2.49. The minimum atomic E-state index is 0.0397. The second-order valence-electron chi connectivity index (χ2n) is 7.96. The highest BCUT2D eigenvalue weighted by atomic mass is 32.1. The van der Waals surface area contributed by atoms with Gasteiger partial charge in [0.15, 0.2) is 6.61 Å². The van der Waals surface area contributed by atoms with Gasteiger partial charge in [0.05, 0.1) is 5.69 Å². The van der Waals surface area contributed by atoms with Crippen LogP contribution < -0.4 is 4.74 Å². The zero-order valence-electron chi connectivity index (χ0n) is 17.8. The molecule has 0 aliphatic carbocycles. The maximum atomic E-state index is 12.6. The number of hydrogen-bond acceptors (Lipinski definition) is 5. The van der Waals surface area contributed by atoms with E-state index in [9.17, 15) is 4.79 Å². The Morgan fingerprint density at radius 2 is 1.66 bits per heavy atom. The van der Waals surface area contributed by atoms with E-state index in [1.807, 2.05) is 59.5 Å². The highest BCUT2D eigenvalue weighted by molar-refractivity contribution is 7.13. The van der Waals surface area contributed by atoms with Crippen molar-refractivity contribution in [3.8, 4) is 16.3 Å². The quantitative estimate of drug-likeness (QED) is 0.434. The summed E-state index contributed by atoms with van der Waals surface area (Å²) >= 11 is 1.68. The molecule has 5 rings (SSSR count). The number of piperazine rings is 1. The van der Waals surface area contributed by atoms with Gasteiger partial charge in [0.2, 0.25) is 0 Å². The molecule has 0 bridgehead atoms. The Kier molecular flexibility index (Phi) is 6.14. The second-order valence-corrected chi connectivity index (χ2v) is 8.82. The SMILES string of the molecule is O=C(COc1ccc2ccccc2c1)N1CCN(Cc2csc(-c3ccccc3)n2)CC1. The molecule has 2 heterocycles. The fourth-order valence-corrected chi connectivity index (χ4v) is 4.79. The first-order valence-corrected chi connectivity index (χ1v) is 11.7. The number of hydrogen-bond donors (Lipinski definition) is 0. The van der Waals surface area contributed by atoms with Crippen LogP contribution in [0.3, 0.4) is 0 Å². The van der Waals surface area contributed by atoms with Crippen molar-refractivity contribution < 1.29 is 9.53 Å². The summed E-state index contributed by atoms with van der Waals surface area (Å²) in [6.07, 6.45) is 0. The third kappa shape index (κ3) is 4.82. The minimum absolute atomic E-state index is 0.0397. The van der Waals surface area contributed by atoms with E-state index in [4.69, 9.17) is 9.72 Å². The van der Waals surface area contributed by atoms with Gasteiger partial charge in [0.1, 0.15) is 10.8 Å². The van der Waals surface area contributed by atoms with Gasteiger partial charge in [-0.05, 0) is 22.9 Å². The normalized spacial score (nSPS) is 14.6. The Morgan fingerprint density at radius 3 is 2.47 bits per heavy atom. The molecular formula is C26H25N3O2S. The topological polar surface area (TPSA) is 45.7 Å². The Bertz CT molecular complexity index is 1200. The lowest BCUT2D eigenvalue weighted by Gasteiger charge is -2.34. The van der Waals surface area contributed by atoms with Gasteiger partial charge in [-0.2, -0.15) is 0 Å². The second kappa shape index (κ2) is 9.51. The molecule has 0 atom stereocenters. The summed E-state index contributed by atoms with van der Waals surface area (Å²) in [5, 5.41) is 5.47. The number of nitrogens with zero attached hydrogens (tertiary/aromatic N) is 3. The van der Waals surface area contributed by atoms with E-state index in [1.165, 1.54) is 5.39 Å². The van der Waals surface area contributed by atoms with Crippen LogP contribution in [0.25, 0.3) is 21.3 Å². The van der Waals surface area contributed by atoms with Crippen LogP contribution in [-0.2, 0) is 11.3 Å². The average molecular weight is 444 g/mol. The van der Waals surface area contributed by atoms with Crippen molar-refractivity contribution in [3.05, 3.63) is 83.9 Å². The molecule has 1 amide bonds. The maximum absolute atomic E-state index is 12.6. The van der Waals surface area contributed by atoms with Gasteiger partial charge in [-0.3, -0.25) is 9.69 Å². The Morgan fingerprint density at radius 1 is 0.906 bits per heavy atom. The summed E-state index contributed by atoms with van der Waals surface area (Å²) in [5.74, 6) is 0.770. The fourth-order valence-electron chi connectivity index (χ4n) is 3.97. The number of carbonyl (C=O) groups excluding carboxylic acids is 1. The first-order valence-electron chi connectivity index (χ1n) is 10.9. The minimum Gasteiger partial charge on any atom is -0.484 e. The van der Waals surface area contributed by atoms with E-state index >= 15 is 0 Å². The predicted octanol–water partition coefficient (Wildman–Crippen LogP) is 4.69. The van der Waals surface area contributed by atoms with Crippen LogP contribution in [0, 0.1) is 0 Å². The maximum Gasteiger partial charge on any atom is 0.260 e. The van der Waals surface area contributed by atoms with Gasteiger partial charge in [-0.25, -0.2) is 4.98 Å². The standard InChI is InChI=1S/C26H25N3O2S/c30-25(18-31-24-11-10-20-6-4-5-9-22(20)16-24)29-14-12-28(13-15-29)17-23-19-32-26(27-23)21-7-2-1-3-8-21/h1-11,16,19H,12-15,17-18H2. The van der Waals surface area contributed by atoms with Crippen molar-refractivity contribution in [2.45, 2.75) is 6.54 Å². The molecule has 0 radical (unpaired) electrons. The molecule has 162 valence electrons. The van der Waals surface area contributed by atoms with Crippen LogP contribution in [0.15, 0.2) is 78.2 Å². The number of amides is 1. The van der Waals surface area contributed by atoms with Gasteiger partial charge in [-0.15, -0.1) is 11.3 Å². The van der Waals surface area contributed by atoms with E-state index in [2.05, 4.69) is 28.5 Å². The number of ether oxygens (including phenoxy) is 1. The van der Waals surface area contributed by atoms with Crippen LogP contribution in [0.1, 0.15) is 5.69 Å². The predicted molar refractivity (Wildman–Crippen MR) is 129 cm³/mol. The molecule has 0 spiro atoms. The van der Waals surface area contributed by atoms with E-state index in [-0.39, 0.29) is 12.5 Å². The number of fused-ring (bicyclic) bond motifs is 1. The highest BCUT2D eigenvalue weighted by Gasteiger charge is 2.22. The molecule has 32 heavy (non-hydrogen) atoms. The van der Waals surface area contributed by atoms with E-state index in [1.54, 1.807) is 11.3 Å². The molecule has 0 saturated carbocycles. The van der Waals surface area contributed by atoms with Gasteiger partial charge < -0.3 is 9.64 Å². The van der Waals surface area contributed by atoms with Crippen molar-refractivity contribution in [1.82, 2.24) is 14.8 Å². The van der Waals surface area contributed by atoms with Crippen molar-refractivity contribution >= 4 is 28.0 Å². The molecular weight excluding hydrogens is 418 g/mol. The molecule has 0 unspecified atom stereocenters. The molecule has 1 aliphatic rings. The Hall–Kier alpha value is -3.22. The summed E-state index contributed by atoms with van der Waals surface area (Å²) in [4.78, 5) is 21.7. The summed E-state index contributed by atoms with van der Waals surface area (Å²) in [7, 11) is 0. The fraction of sp³-hybridized carbons (Fsp3) is 0.231. The summed E-state index contributed by atoms with van der Waals surface area (Å²) < 4.78 is 5.78. The van der Waals surface area contributed by atoms with Crippen molar-refractivity contribution in [1.29, 1.82) is 0 Å². The highest BCUT2D eigenvalue weighted by Crippen LogP contribution is 2.24. The lowest BCUT2D eigenvalue weighted by molar-refractivity contribution is -0.135. The third-order valence-corrected chi connectivity index (χ3v) is 6.71. The van der Waals surface area contributed by atoms with E-state index in [0.29, 0.717) is 0 Å². The molecule has 1 fully saturated rings. The van der Waals surface area contributed by atoms with Crippen LogP contribution in [0.2, 0.25) is 0 Å². The third-order valence-electron chi connectivity index (χ3n) is 5.77. The average Bonchev–Trinajstić information content (AvgIpc) is 3.32. The molecule has 4 aromatic rings. The largest absolute Gasteiger partial charge is 0.484 e. The first kappa shape index (κ1) is 20.7. The summed E-state index contributed by atoms with van der Waals surface area (Å²) in [5.41, 5.74) is 2.25. The number of carbonyl (C=O) groups is 1. The molecule has 3 aromatic carbocycles. The molecule has 6 heteroatoms. The Balaban J connectivity index is 1.10. The van der Waals surface area contributed by atoms with Crippen LogP contribution in [0.4, 0.5) is 0 Å². The number of rotatable bonds is 6. The molecule has 5 nitrogen and oxygen atoms in total. The smallest absolute Gasteiger partial charge is 0.260 e. The zero-order chi connectivity index (χ0) is 21.8. The van der Waals surface area contributed by atoms with E-state index < -0.39 is 0 Å². The van der Waals surface area contributed by atoms with E-state index in [0.717, 1.165) is 60.1 Å². The number of aromatic nitrogens is 1. The van der Waals surface area contributed by atoms with Crippen LogP contribution in [-0.4, -0.2) is 53.5 Å². The van der Waals surface area contributed by atoms with Crippen molar-refractivity contribution in [2.24, 2.45) is 0 Å². The monoisotopic (exact) mass is 443 g/mol. The van der Waals surface area contributed by atoms with Crippen molar-refractivity contribution in [3.63, 3.8) is 0 Å². The zero-order valence-corrected chi connectivity index (χ0v) is 18.6. The number of benzene rings is 3. The summed E-state index contributed by atoms with van der Waals surface area (Å²) in [6, 6.07) is 24.3. The van der Waals surface area contributed by atoms with Gasteiger partial charge in [0.25, 0.3) is 5.91 Å². The first-order chi connectivity index (χ1) is 15.7. The molecule has 0 N–H and O–H groups in total. The van der Waals surface area contributed by atoms with Crippen LogP contribution in [0.5, 0.6) is 5.75 Å². The lowest BCUT2D eigenvalue weighted by atomic mass is 10.1. The van der Waals surface area contributed by atoms with Crippen molar-refractivity contribution in [2.75, 3.05) is 32.8 Å².